The molecule has 0 rings (SSSR count). The molecule has 0 saturated heterocycles. The Hall–Kier alpha value is -1.05. The standard InChI is InChI=1S/C9H15NO3/c1-4-5-6-10-7-9(2,12)8(11)13-3/h10,12H,6-7H2,1-3H3. The Morgan fingerprint density at radius 3 is 2.77 bits per heavy atom. The van der Waals surface area contributed by atoms with E-state index in [2.05, 4.69) is 21.9 Å². The average Bonchev–Trinajstić information content (AvgIpc) is 2.11. The van der Waals surface area contributed by atoms with Gasteiger partial charge in [-0.25, -0.2) is 4.79 Å². The molecule has 0 heterocycles. The van der Waals surface area contributed by atoms with Crippen molar-refractivity contribution in [1.29, 1.82) is 0 Å². The molecule has 4 heteroatoms. The molecule has 4 nitrogen and oxygen atoms in total. The van der Waals surface area contributed by atoms with Crippen LogP contribution in [0.1, 0.15) is 13.8 Å². The van der Waals surface area contributed by atoms with Crippen molar-refractivity contribution in [2.24, 2.45) is 0 Å². The first-order valence-electron chi connectivity index (χ1n) is 3.95. The molecule has 0 aliphatic heterocycles. The van der Waals surface area contributed by atoms with Gasteiger partial charge in [-0.2, -0.15) is 0 Å². The number of carbonyl (C=O) groups excluding carboxylic acids is 1. The molecule has 0 aliphatic rings. The number of hydrogen-bond acceptors (Lipinski definition) is 4. The van der Waals surface area contributed by atoms with Crippen LogP contribution in [0.5, 0.6) is 0 Å². The number of rotatable bonds is 4. The van der Waals surface area contributed by atoms with Crippen molar-refractivity contribution in [3.63, 3.8) is 0 Å². The molecule has 1 unspecified atom stereocenters. The Morgan fingerprint density at radius 2 is 2.31 bits per heavy atom. The molecule has 0 aliphatic carbocycles. The average molecular weight is 185 g/mol. The molecular formula is C9H15NO3. The summed E-state index contributed by atoms with van der Waals surface area (Å²) in [7, 11) is 1.24. The summed E-state index contributed by atoms with van der Waals surface area (Å²) in [6.07, 6.45) is 0. The van der Waals surface area contributed by atoms with E-state index in [1.807, 2.05) is 0 Å². The Kier molecular flexibility index (Phi) is 5.12. The van der Waals surface area contributed by atoms with Gasteiger partial charge in [0.1, 0.15) is 0 Å². The van der Waals surface area contributed by atoms with Crippen LogP contribution >= 0.6 is 0 Å². The SMILES string of the molecule is CC#CCNCC(C)(O)C(=O)OC. The molecule has 0 aromatic rings. The van der Waals surface area contributed by atoms with E-state index in [9.17, 15) is 9.90 Å². The van der Waals surface area contributed by atoms with Crippen LogP contribution in [0, 0.1) is 11.8 Å². The van der Waals surface area contributed by atoms with E-state index in [0.29, 0.717) is 6.54 Å². The van der Waals surface area contributed by atoms with Crippen LogP contribution in [-0.4, -0.2) is 36.9 Å². The molecule has 0 aromatic heterocycles. The lowest BCUT2D eigenvalue weighted by atomic mass is 10.1. The summed E-state index contributed by atoms with van der Waals surface area (Å²) in [5.41, 5.74) is -1.48. The van der Waals surface area contributed by atoms with Crippen LogP contribution in [0.4, 0.5) is 0 Å². The van der Waals surface area contributed by atoms with E-state index >= 15 is 0 Å². The van der Waals surface area contributed by atoms with Crippen molar-refractivity contribution in [2.45, 2.75) is 19.4 Å². The molecule has 0 amide bonds. The smallest absolute Gasteiger partial charge is 0.338 e. The Balaban J connectivity index is 3.86. The first-order valence-corrected chi connectivity index (χ1v) is 3.95. The highest BCUT2D eigenvalue weighted by Crippen LogP contribution is 2.02. The second-order valence-electron chi connectivity index (χ2n) is 2.80. The molecule has 0 fully saturated rings. The van der Waals surface area contributed by atoms with Gasteiger partial charge in [0.2, 0.25) is 0 Å². The van der Waals surface area contributed by atoms with Crippen molar-refractivity contribution in [3.05, 3.63) is 0 Å². The number of methoxy groups -OCH3 is 1. The summed E-state index contributed by atoms with van der Waals surface area (Å²) in [6, 6.07) is 0. The monoisotopic (exact) mass is 185 g/mol. The second kappa shape index (κ2) is 5.57. The van der Waals surface area contributed by atoms with Crippen molar-refractivity contribution in [3.8, 4) is 11.8 Å². The summed E-state index contributed by atoms with van der Waals surface area (Å²) in [4.78, 5) is 10.9. The molecule has 1 atom stereocenters. The van der Waals surface area contributed by atoms with Crippen LogP contribution in [0.25, 0.3) is 0 Å². The van der Waals surface area contributed by atoms with Crippen LogP contribution < -0.4 is 5.32 Å². The minimum Gasteiger partial charge on any atom is -0.467 e. The van der Waals surface area contributed by atoms with Gasteiger partial charge in [-0.3, -0.25) is 0 Å². The highest BCUT2D eigenvalue weighted by Gasteiger charge is 2.30. The summed E-state index contributed by atoms with van der Waals surface area (Å²) in [5, 5.41) is 12.3. The maximum atomic E-state index is 10.9. The third kappa shape index (κ3) is 4.51. The molecule has 0 saturated carbocycles. The number of hydrogen-bond donors (Lipinski definition) is 2. The normalized spacial score (nSPS) is 13.8. The van der Waals surface area contributed by atoms with E-state index in [1.165, 1.54) is 14.0 Å². The van der Waals surface area contributed by atoms with Crippen molar-refractivity contribution in [2.75, 3.05) is 20.2 Å². The van der Waals surface area contributed by atoms with Gasteiger partial charge in [0.25, 0.3) is 0 Å². The van der Waals surface area contributed by atoms with E-state index in [1.54, 1.807) is 6.92 Å². The van der Waals surface area contributed by atoms with E-state index in [-0.39, 0.29) is 6.54 Å². The third-order valence-corrected chi connectivity index (χ3v) is 1.48. The number of carbonyl (C=O) groups is 1. The number of aliphatic hydroxyl groups is 1. The van der Waals surface area contributed by atoms with Crippen LogP contribution in [0.2, 0.25) is 0 Å². The number of nitrogens with one attached hydrogen (secondary N) is 1. The lowest BCUT2D eigenvalue weighted by Gasteiger charge is -2.19. The molecule has 0 bridgehead atoms. The Morgan fingerprint density at radius 1 is 1.69 bits per heavy atom. The summed E-state index contributed by atoms with van der Waals surface area (Å²) >= 11 is 0. The highest BCUT2D eigenvalue weighted by atomic mass is 16.5. The van der Waals surface area contributed by atoms with Gasteiger partial charge in [-0.15, -0.1) is 5.92 Å². The molecule has 0 spiro atoms. The predicted octanol–water partition coefficient (Wildman–Crippen LogP) is -0.477. The van der Waals surface area contributed by atoms with E-state index in [4.69, 9.17) is 0 Å². The lowest BCUT2D eigenvalue weighted by molar-refractivity contribution is -0.159. The molecule has 0 radical (unpaired) electrons. The molecule has 13 heavy (non-hydrogen) atoms. The van der Waals surface area contributed by atoms with Crippen LogP contribution in [0.15, 0.2) is 0 Å². The number of esters is 1. The Bertz CT molecular complexity index is 225. The fraction of sp³-hybridized carbons (Fsp3) is 0.667. The van der Waals surface area contributed by atoms with Crippen LogP contribution in [0.3, 0.4) is 0 Å². The van der Waals surface area contributed by atoms with Gasteiger partial charge in [0.15, 0.2) is 5.60 Å². The van der Waals surface area contributed by atoms with Gasteiger partial charge in [-0.05, 0) is 13.8 Å². The van der Waals surface area contributed by atoms with Gasteiger partial charge >= 0.3 is 5.97 Å². The zero-order valence-corrected chi connectivity index (χ0v) is 8.18. The number of ether oxygens (including phenoxy) is 1. The lowest BCUT2D eigenvalue weighted by Crippen LogP contribution is -2.45. The fourth-order valence-corrected chi connectivity index (χ4v) is 0.749. The Labute approximate surface area is 78.3 Å². The first kappa shape index (κ1) is 11.9. The predicted molar refractivity (Wildman–Crippen MR) is 49.0 cm³/mol. The second-order valence-corrected chi connectivity index (χ2v) is 2.80. The largest absolute Gasteiger partial charge is 0.467 e. The van der Waals surface area contributed by atoms with Crippen molar-refractivity contribution in [1.82, 2.24) is 5.32 Å². The van der Waals surface area contributed by atoms with Gasteiger partial charge in [0, 0.05) is 6.54 Å². The molecule has 2 N–H and O–H groups in total. The molecule has 0 aromatic carbocycles. The highest BCUT2D eigenvalue weighted by molar-refractivity contribution is 5.78. The van der Waals surface area contributed by atoms with Crippen molar-refractivity contribution >= 4 is 5.97 Å². The van der Waals surface area contributed by atoms with E-state index < -0.39 is 11.6 Å². The van der Waals surface area contributed by atoms with E-state index in [0.717, 1.165) is 0 Å². The summed E-state index contributed by atoms with van der Waals surface area (Å²) < 4.78 is 4.41. The maximum Gasteiger partial charge on any atom is 0.338 e. The summed E-state index contributed by atoms with van der Waals surface area (Å²) in [6.45, 7) is 3.70. The van der Waals surface area contributed by atoms with Gasteiger partial charge in [-0.1, -0.05) is 5.92 Å². The zero-order chi connectivity index (χ0) is 10.3. The first-order chi connectivity index (χ1) is 6.04. The minimum atomic E-state index is -1.48. The summed E-state index contributed by atoms with van der Waals surface area (Å²) in [5.74, 6) is 4.79. The topological polar surface area (TPSA) is 58.6 Å². The van der Waals surface area contributed by atoms with Crippen LogP contribution in [-0.2, 0) is 9.53 Å². The molecule has 74 valence electrons. The fourth-order valence-electron chi connectivity index (χ4n) is 0.749. The van der Waals surface area contributed by atoms with Crippen molar-refractivity contribution < 1.29 is 14.6 Å². The zero-order valence-electron chi connectivity index (χ0n) is 8.18. The minimum absolute atomic E-state index is 0.133. The molecular weight excluding hydrogens is 170 g/mol. The van der Waals surface area contributed by atoms with Gasteiger partial charge in [0.05, 0.1) is 13.7 Å². The third-order valence-electron chi connectivity index (χ3n) is 1.48. The quantitative estimate of drug-likeness (QED) is 0.353. The maximum absolute atomic E-state index is 10.9. The van der Waals surface area contributed by atoms with Gasteiger partial charge < -0.3 is 15.2 Å².